The Morgan fingerprint density at radius 2 is 0.839 bits per heavy atom. The molecule has 0 amide bonds. The highest BCUT2D eigenvalue weighted by molar-refractivity contribution is 5.83. The summed E-state index contributed by atoms with van der Waals surface area (Å²) >= 11 is 0. The molecule has 1 aliphatic carbocycles. The highest BCUT2D eigenvalue weighted by atomic mass is 14.2. The molecule has 0 atom stereocenters. The minimum absolute atomic E-state index is 1.04. The van der Waals surface area contributed by atoms with Crippen molar-refractivity contribution in [1.82, 2.24) is 0 Å². The Balaban J connectivity index is 1.39. The first-order valence-corrected chi connectivity index (χ1v) is 10.8. The number of benzene rings is 5. The maximum atomic E-state index is 2.36. The van der Waals surface area contributed by atoms with Gasteiger partial charge in [-0.3, -0.25) is 0 Å². The van der Waals surface area contributed by atoms with Crippen molar-refractivity contribution >= 4 is 0 Å². The molecule has 0 unspecified atom stereocenters. The highest BCUT2D eigenvalue weighted by Gasteiger charge is 2.18. The zero-order valence-electron chi connectivity index (χ0n) is 17.3. The molecule has 0 fully saturated rings. The summed E-state index contributed by atoms with van der Waals surface area (Å²) in [4.78, 5) is 0. The maximum Gasteiger partial charge on any atom is -0.00134 e. The van der Waals surface area contributed by atoms with Gasteiger partial charge in [0.2, 0.25) is 0 Å². The number of fused-ring (bicyclic) bond motifs is 3. The van der Waals surface area contributed by atoms with Crippen molar-refractivity contribution in [1.29, 1.82) is 0 Å². The van der Waals surface area contributed by atoms with Crippen molar-refractivity contribution in [3.8, 4) is 44.5 Å². The second kappa shape index (κ2) is 7.41. The molecule has 0 nitrogen and oxygen atoms in total. The quantitative estimate of drug-likeness (QED) is 0.283. The monoisotopic (exact) mass is 394 g/mol. The summed E-state index contributed by atoms with van der Waals surface area (Å²) < 4.78 is 0. The fourth-order valence-corrected chi connectivity index (χ4v) is 4.69. The molecule has 6 rings (SSSR count). The fraction of sp³-hybridized carbons (Fsp3) is 0.0323. The van der Waals surface area contributed by atoms with Crippen LogP contribution in [0.2, 0.25) is 0 Å². The van der Waals surface area contributed by atoms with Gasteiger partial charge in [0.05, 0.1) is 0 Å². The van der Waals surface area contributed by atoms with Gasteiger partial charge in [0, 0.05) is 0 Å². The summed E-state index contributed by atoms with van der Waals surface area (Å²) in [7, 11) is 0. The van der Waals surface area contributed by atoms with Crippen LogP contribution in [0, 0.1) is 0 Å². The lowest BCUT2D eigenvalue weighted by Gasteiger charge is -2.10. The summed E-state index contributed by atoms with van der Waals surface area (Å²) in [5, 5.41) is 0. The molecular weight excluding hydrogens is 372 g/mol. The van der Waals surface area contributed by atoms with E-state index >= 15 is 0 Å². The first-order valence-electron chi connectivity index (χ1n) is 10.8. The largest absolute Gasteiger partial charge is 0.0622 e. The lowest BCUT2D eigenvalue weighted by molar-refractivity contribution is 1.26. The standard InChI is InChI=1S/C31H22/c1-2-8-22(9-3-1)23-11-6-12-24(18-23)25-13-7-14-26(19-25)27-16-17-29-20-28-10-4-5-15-30(28)31(29)21-27/h1-19,21H,20H2. The topological polar surface area (TPSA) is 0 Å². The third-order valence-corrected chi connectivity index (χ3v) is 6.30. The summed E-state index contributed by atoms with van der Waals surface area (Å²) in [6.07, 6.45) is 1.04. The Labute approximate surface area is 183 Å². The third kappa shape index (κ3) is 3.27. The lowest BCUT2D eigenvalue weighted by Crippen LogP contribution is -1.85. The molecule has 0 aromatic heterocycles. The Kier molecular flexibility index (Phi) is 4.28. The normalized spacial score (nSPS) is 11.7. The SMILES string of the molecule is c1ccc(-c2cccc(-c3cccc(-c4ccc5c(c4)-c4ccccc4C5)c3)c2)cc1. The number of hydrogen-bond acceptors (Lipinski definition) is 0. The molecule has 0 saturated carbocycles. The van der Waals surface area contributed by atoms with Gasteiger partial charge in [-0.1, -0.05) is 103 Å². The minimum Gasteiger partial charge on any atom is -0.0622 e. The van der Waals surface area contributed by atoms with Gasteiger partial charge in [-0.15, -0.1) is 0 Å². The zero-order chi connectivity index (χ0) is 20.6. The molecule has 0 heterocycles. The van der Waals surface area contributed by atoms with Gasteiger partial charge in [0.15, 0.2) is 0 Å². The average molecular weight is 395 g/mol. The van der Waals surface area contributed by atoms with E-state index < -0.39 is 0 Å². The van der Waals surface area contributed by atoms with Gasteiger partial charge in [0.1, 0.15) is 0 Å². The van der Waals surface area contributed by atoms with E-state index in [1.807, 2.05) is 0 Å². The Hall–Kier alpha value is -3.90. The van der Waals surface area contributed by atoms with E-state index in [-0.39, 0.29) is 0 Å². The molecule has 0 bridgehead atoms. The van der Waals surface area contributed by atoms with E-state index in [2.05, 4.69) is 121 Å². The van der Waals surface area contributed by atoms with Crippen molar-refractivity contribution in [3.05, 3.63) is 132 Å². The van der Waals surface area contributed by atoms with Crippen LogP contribution in [0.5, 0.6) is 0 Å². The van der Waals surface area contributed by atoms with Gasteiger partial charge in [-0.2, -0.15) is 0 Å². The highest BCUT2D eigenvalue weighted by Crippen LogP contribution is 2.39. The molecule has 0 spiro atoms. The van der Waals surface area contributed by atoms with Crippen LogP contribution < -0.4 is 0 Å². The van der Waals surface area contributed by atoms with Crippen molar-refractivity contribution in [2.45, 2.75) is 6.42 Å². The van der Waals surface area contributed by atoms with Gasteiger partial charge in [-0.25, -0.2) is 0 Å². The van der Waals surface area contributed by atoms with Crippen LogP contribution in [0.25, 0.3) is 44.5 Å². The molecule has 0 saturated heterocycles. The van der Waals surface area contributed by atoms with Crippen molar-refractivity contribution < 1.29 is 0 Å². The Morgan fingerprint density at radius 3 is 1.55 bits per heavy atom. The second-order valence-electron chi connectivity index (χ2n) is 8.23. The van der Waals surface area contributed by atoms with E-state index in [0.29, 0.717) is 0 Å². The van der Waals surface area contributed by atoms with Crippen molar-refractivity contribution in [2.24, 2.45) is 0 Å². The lowest BCUT2D eigenvalue weighted by atomic mass is 9.94. The zero-order valence-corrected chi connectivity index (χ0v) is 17.3. The van der Waals surface area contributed by atoms with Crippen LogP contribution in [0.15, 0.2) is 121 Å². The number of rotatable bonds is 3. The molecule has 5 aromatic rings. The predicted octanol–water partition coefficient (Wildman–Crippen LogP) is 8.26. The van der Waals surface area contributed by atoms with E-state index in [1.165, 1.54) is 55.6 Å². The first kappa shape index (κ1) is 17.9. The average Bonchev–Trinajstić information content (AvgIpc) is 3.23. The molecule has 0 radical (unpaired) electrons. The first-order chi connectivity index (χ1) is 15.3. The van der Waals surface area contributed by atoms with Gasteiger partial charge < -0.3 is 0 Å². The molecule has 0 aliphatic heterocycles. The van der Waals surface area contributed by atoms with Crippen molar-refractivity contribution in [3.63, 3.8) is 0 Å². The Morgan fingerprint density at radius 1 is 0.323 bits per heavy atom. The predicted molar refractivity (Wildman–Crippen MR) is 131 cm³/mol. The van der Waals surface area contributed by atoms with Gasteiger partial charge >= 0.3 is 0 Å². The van der Waals surface area contributed by atoms with Crippen LogP contribution in [0.3, 0.4) is 0 Å². The third-order valence-electron chi connectivity index (χ3n) is 6.30. The molecule has 1 aliphatic rings. The van der Waals surface area contributed by atoms with E-state index in [9.17, 15) is 0 Å². The fourth-order valence-electron chi connectivity index (χ4n) is 4.69. The summed E-state index contributed by atoms with van der Waals surface area (Å²) in [6.45, 7) is 0. The van der Waals surface area contributed by atoms with E-state index in [0.717, 1.165) is 6.42 Å². The van der Waals surface area contributed by atoms with Crippen molar-refractivity contribution in [2.75, 3.05) is 0 Å². The summed E-state index contributed by atoms with van der Waals surface area (Å²) in [5.74, 6) is 0. The molecule has 31 heavy (non-hydrogen) atoms. The molecule has 146 valence electrons. The van der Waals surface area contributed by atoms with Gasteiger partial charge in [0.25, 0.3) is 0 Å². The van der Waals surface area contributed by atoms with E-state index in [4.69, 9.17) is 0 Å². The second-order valence-corrected chi connectivity index (χ2v) is 8.23. The van der Waals surface area contributed by atoms with E-state index in [1.54, 1.807) is 0 Å². The summed E-state index contributed by atoms with van der Waals surface area (Å²) in [5.41, 5.74) is 13.1. The molecule has 5 aromatic carbocycles. The Bertz CT molecular complexity index is 1390. The van der Waals surface area contributed by atoms with Crippen LogP contribution in [0.4, 0.5) is 0 Å². The molecule has 0 N–H and O–H groups in total. The van der Waals surface area contributed by atoms with Crippen LogP contribution in [-0.2, 0) is 6.42 Å². The van der Waals surface area contributed by atoms with Crippen LogP contribution >= 0.6 is 0 Å². The number of hydrogen-bond donors (Lipinski definition) is 0. The maximum absolute atomic E-state index is 2.36. The smallest absolute Gasteiger partial charge is 0.00134 e. The van der Waals surface area contributed by atoms with Gasteiger partial charge in [-0.05, 0) is 80.3 Å². The van der Waals surface area contributed by atoms with Crippen LogP contribution in [-0.4, -0.2) is 0 Å². The summed E-state index contributed by atoms with van der Waals surface area (Å²) in [6, 6.07) is 44.0. The van der Waals surface area contributed by atoms with Crippen LogP contribution in [0.1, 0.15) is 11.1 Å². The molecule has 0 heteroatoms. The minimum atomic E-state index is 1.04. The molecular formula is C31H22.